The fraction of sp³-hybridized carbons (Fsp3) is 0.192. The first kappa shape index (κ1) is 25.7. The molecule has 2 amide bonds. The van der Waals surface area contributed by atoms with Crippen LogP contribution in [0.1, 0.15) is 56.3 Å². The lowest BCUT2D eigenvalue weighted by Crippen LogP contribution is -2.16. The molecule has 4 aromatic rings. The summed E-state index contributed by atoms with van der Waals surface area (Å²) in [6.07, 6.45) is -3.30. The summed E-state index contributed by atoms with van der Waals surface area (Å²) in [7, 11) is 0. The predicted molar refractivity (Wildman–Crippen MR) is 126 cm³/mol. The fourth-order valence-corrected chi connectivity index (χ4v) is 3.76. The van der Waals surface area contributed by atoms with Gasteiger partial charge in [0, 0.05) is 0 Å². The van der Waals surface area contributed by atoms with Gasteiger partial charge in [-0.25, -0.2) is 4.39 Å². The molecule has 0 saturated heterocycles. The Labute approximate surface area is 208 Å². The van der Waals surface area contributed by atoms with E-state index in [1.54, 1.807) is 31.2 Å². The molecule has 1 aliphatic carbocycles. The molecule has 192 valence electrons. The third-order valence-corrected chi connectivity index (χ3v) is 5.71. The lowest BCUT2D eigenvalue weighted by Gasteiger charge is -2.18. The Morgan fingerprint density at radius 2 is 1.70 bits per heavy atom. The van der Waals surface area contributed by atoms with Crippen LogP contribution in [-0.2, 0) is 6.18 Å². The van der Waals surface area contributed by atoms with E-state index in [-0.39, 0.29) is 34.2 Å². The van der Waals surface area contributed by atoms with E-state index in [9.17, 15) is 27.2 Å². The molecule has 4 N–H and O–H groups in total. The van der Waals surface area contributed by atoms with Crippen LogP contribution in [0.2, 0.25) is 0 Å². The van der Waals surface area contributed by atoms with Gasteiger partial charge in [0.1, 0.15) is 17.3 Å². The van der Waals surface area contributed by atoms with Gasteiger partial charge in [0.05, 0.1) is 16.5 Å². The number of carbonyl (C=O) groups is 2. The number of para-hydroxylation sites is 1. The van der Waals surface area contributed by atoms with Crippen molar-refractivity contribution in [1.29, 1.82) is 0 Å². The van der Waals surface area contributed by atoms with E-state index >= 15 is 0 Å². The smallest absolute Gasteiger partial charge is 0.416 e. The highest BCUT2D eigenvalue weighted by atomic mass is 19.4. The van der Waals surface area contributed by atoms with E-state index in [1.807, 2.05) is 0 Å². The van der Waals surface area contributed by atoms with Crippen LogP contribution in [0.5, 0.6) is 11.5 Å². The number of carbonyl (C=O) groups excluding carboxylic acids is 2. The molecule has 0 atom stereocenters. The molecule has 37 heavy (non-hydrogen) atoms. The monoisotopic (exact) mass is 515 g/mol. The minimum atomic E-state index is -4.59. The molecule has 1 fully saturated rings. The SMILES string of the molecule is Cc1cc(F)ccc1Oc1cc(C2CC2)c(C(F)(F)F)cc1C(N)=O.NC(=O)c1noc2ccccc12. The lowest BCUT2D eigenvalue weighted by atomic mass is 9.98. The van der Waals surface area contributed by atoms with E-state index in [0.717, 1.165) is 12.1 Å². The molecule has 1 aliphatic rings. The Hall–Kier alpha value is -4.41. The molecule has 0 aliphatic heterocycles. The highest BCUT2D eigenvalue weighted by molar-refractivity contribution is 6.03. The molecule has 1 heterocycles. The van der Waals surface area contributed by atoms with Gasteiger partial charge in [0.2, 0.25) is 0 Å². The Balaban J connectivity index is 0.000000222. The fourth-order valence-electron chi connectivity index (χ4n) is 3.76. The summed E-state index contributed by atoms with van der Waals surface area (Å²) >= 11 is 0. The van der Waals surface area contributed by atoms with Gasteiger partial charge in [-0.05, 0) is 79.3 Å². The van der Waals surface area contributed by atoms with Gasteiger partial charge in [-0.3, -0.25) is 9.59 Å². The number of halogens is 4. The summed E-state index contributed by atoms with van der Waals surface area (Å²) in [5, 5.41) is 4.20. The maximum atomic E-state index is 13.3. The molecule has 0 spiro atoms. The zero-order chi connectivity index (χ0) is 26.9. The predicted octanol–water partition coefficient (Wildman–Crippen LogP) is 5.85. The molecule has 0 bridgehead atoms. The number of benzene rings is 3. The van der Waals surface area contributed by atoms with Gasteiger partial charge in [0.25, 0.3) is 11.8 Å². The first-order valence-corrected chi connectivity index (χ1v) is 11.1. The topological polar surface area (TPSA) is 121 Å². The maximum Gasteiger partial charge on any atom is 0.416 e. The molecular formula is C26H21F4N3O4. The normalized spacial score (nSPS) is 13.1. The van der Waals surface area contributed by atoms with E-state index in [2.05, 4.69) is 5.16 Å². The number of ether oxygens (including phenoxy) is 1. The highest BCUT2D eigenvalue weighted by Crippen LogP contribution is 2.48. The second-order valence-electron chi connectivity index (χ2n) is 8.48. The number of alkyl halides is 3. The minimum absolute atomic E-state index is 0.0582. The Morgan fingerprint density at radius 3 is 2.30 bits per heavy atom. The first-order valence-electron chi connectivity index (χ1n) is 11.1. The number of fused-ring (bicyclic) bond motifs is 1. The second kappa shape index (κ2) is 9.92. The number of amides is 2. The third-order valence-electron chi connectivity index (χ3n) is 5.71. The minimum Gasteiger partial charge on any atom is -0.456 e. The molecule has 0 unspecified atom stereocenters. The van der Waals surface area contributed by atoms with Crippen LogP contribution >= 0.6 is 0 Å². The second-order valence-corrected chi connectivity index (χ2v) is 8.48. The van der Waals surface area contributed by atoms with Gasteiger partial charge in [-0.2, -0.15) is 13.2 Å². The van der Waals surface area contributed by atoms with Crippen molar-refractivity contribution < 1.29 is 36.4 Å². The Morgan fingerprint density at radius 1 is 1.00 bits per heavy atom. The molecule has 0 radical (unpaired) electrons. The number of hydrogen-bond acceptors (Lipinski definition) is 5. The van der Waals surface area contributed by atoms with Crippen molar-refractivity contribution in [3.63, 3.8) is 0 Å². The van der Waals surface area contributed by atoms with Crippen molar-refractivity contribution in [3.8, 4) is 11.5 Å². The molecule has 11 heteroatoms. The summed E-state index contributed by atoms with van der Waals surface area (Å²) < 4.78 is 63.6. The quantitative estimate of drug-likeness (QED) is 0.323. The van der Waals surface area contributed by atoms with E-state index in [1.165, 1.54) is 18.2 Å². The van der Waals surface area contributed by atoms with E-state index in [4.69, 9.17) is 20.7 Å². The van der Waals surface area contributed by atoms with Crippen molar-refractivity contribution in [2.45, 2.75) is 31.9 Å². The summed E-state index contributed by atoms with van der Waals surface area (Å²) in [5.41, 5.74) is 10.4. The number of aryl methyl sites for hydroxylation is 1. The lowest BCUT2D eigenvalue weighted by molar-refractivity contribution is -0.138. The largest absolute Gasteiger partial charge is 0.456 e. The van der Waals surface area contributed by atoms with E-state index in [0.29, 0.717) is 29.4 Å². The Kier molecular flexibility index (Phi) is 6.88. The van der Waals surface area contributed by atoms with Crippen LogP contribution in [0.15, 0.2) is 59.1 Å². The third kappa shape index (κ3) is 5.71. The molecule has 1 aromatic heterocycles. The molecule has 1 saturated carbocycles. The highest BCUT2D eigenvalue weighted by Gasteiger charge is 2.39. The van der Waals surface area contributed by atoms with E-state index < -0.39 is 29.4 Å². The van der Waals surface area contributed by atoms with Gasteiger partial charge < -0.3 is 20.7 Å². The summed E-state index contributed by atoms with van der Waals surface area (Å²) in [5.74, 6) is -2.09. The summed E-state index contributed by atoms with van der Waals surface area (Å²) in [4.78, 5) is 22.4. The van der Waals surface area contributed by atoms with Crippen molar-refractivity contribution in [2.75, 3.05) is 0 Å². The number of nitrogens with two attached hydrogens (primary N) is 2. The number of hydrogen-bond donors (Lipinski definition) is 2. The van der Waals surface area contributed by atoms with Crippen molar-refractivity contribution >= 4 is 22.8 Å². The zero-order valence-electron chi connectivity index (χ0n) is 19.4. The molecule has 7 nitrogen and oxygen atoms in total. The average Bonchev–Trinajstić information content (AvgIpc) is 3.58. The maximum absolute atomic E-state index is 13.3. The van der Waals surface area contributed by atoms with Crippen molar-refractivity contribution in [2.24, 2.45) is 11.5 Å². The van der Waals surface area contributed by atoms with Crippen LogP contribution in [0, 0.1) is 12.7 Å². The zero-order valence-corrected chi connectivity index (χ0v) is 19.4. The van der Waals surface area contributed by atoms with Crippen molar-refractivity contribution in [1.82, 2.24) is 5.16 Å². The number of nitrogens with zero attached hydrogens (tertiary/aromatic N) is 1. The molecule has 5 rings (SSSR count). The summed E-state index contributed by atoms with van der Waals surface area (Å²) in [6, 6.07) is 12.8. The van der Waals surface area contributed by atoms with Crippen LogP contribution < -0.4 is 16.2 Å². The van der Waals surface area contributed by atoms with Gasteiger partial charge in [-0.1, -0.05) is 17.3 Å². The van der Waals surface area contributed by atoms with Crippen LogP contribution in [-0.4, -0.2) is 17.0 Å². The summed E-state index contributed by atoms with van der Waals surface area (Å²) in [6.45, 7) is 1.59. The first-order chi connectivity index (χ1) is 17.5. The molecular weight excluding hydrogens is 494 g/mol. The van der Waals surface area contributed by atoms with Crippen molar-refractivity contribution in [3.05, 3.63) is 88.4 Å². The van der Waals surface area contributed by atoms with Crippen LogP contribution in [0.4, 0.5) is 17.6 Å². The Bertz CT molecular complexity index is 1490. The van der Waals surface area contributed by atoms with Crippen LogP contribution in [0.3, 0.4) is 0 Å². The van der Waals surface area contributed by atoms with Crippen LogP contribution in [0.25, 0.3) is 11.0 Å². The standard InChI is InChI=1S/C18H15F4NO2.C8H6N2O2/c1-9-6-11(19)4-5-15(9)25-16-8-12(10-2-3-10)14(18(20,21)22)7-13(16)17(23)24;9-8(11)7-5-3-1-2-4-6(5)12-10-7/h4-8,10H,2-3H2,1H3,(H2,23,24);1-4H,(H2,9,11). The number of rotatable bonds is 5. The number of primary amides is 2. The van der Waals surface area contributed by atoms with Gasteiger partial charge in [-0.15, -0.1) is 0 Å². The van der Waals surface area contributed by atoms with Gasteiger partial charge in [0.15, 0.2) is 11.3 Å². The number of aromatic nitrogens is 1. The average molecular weight is 515 g/mol. The van der Waals surface area contributed by atoms with Gasteiger partial charge >= 0.3 is 6.18 Å². The molecule has 3 aromatic carbocycles.